The minimum absolute atomic E-state index is 0.165. The Kier molecular flexibility index (Phi) is 5.46. The van der Waals surface area contributed by atoms with Crippen LogP contribution in [0.15, 0.2) is 59.0 Å². The van der Waals surface area contributed by atoms with Crippen LogP contribution in [0.4, 0.5) is 0 Å². The van der Waals surface area contributed by atoms with E-state index in [0.717, 1.165) is 19.3 Å². The van der Waals surface area contributed by atoms with E-state index in [9.17, 15) is 13.2 Å². The van der Waals surface area contributed by atoms with Crippen LogP contribution in [0, 0.1) is 5.92 Å². The number of carbonyl (C=O) groups is 1. The molecule has 0 unspecified atom stereocenters. The van der Waals surface area contributed by atoms with Gasteiger partial charge in [0, 0.05) is 30.3 Å². The summed E-state index contributed by atoms with van der Waals surface area (Å²) >= 11 is 0. The molecule has 0 N–H and O–H groups in total. The van der Waals surface area contributed by atoms with Crippen molar-refractivity contribution in [1.82, 2.24) is 4.90 Å². The van der Waals surface area contributed by atoms with Gasteiger partial charge in [0.15, 0.2) is 15.6 Å². The SMILES string of the molecule is CS(=O)(=O)Cc1c(C(=O)N2CCC(Cc3ccccc3)CC2)oc2ccccc12. The molecule has 0 atom stereocenters. The molecule has 2 heterocycles. The van der Waals surface area contributed by atoms with Crippen LogP contribution in [-0.2, 0) is 22.0 Å². The second-order valence-electron chi connectivity index (χ2n) is 7.90. The van der Waals surface area contributed by atoms with Crippen molar-refractivity contribution >= 4 is 26.7 Å². The Labute approximate surface area is 171 Å². The molecule has 0 spiro atoms. The molecule has 29 heavy (non-hydrogen) atoms. The zero-order valence-corrected chi connectivity index (χ0v) is 17.3. The highest BCUT2D eigenvalue weighted by molar-refractivity contribution is 7.89. The number of benzene rings is 2. The molecule has 152 valence electrons. The van der Waals surface area contributed by atoms with Crippen molar-refractivity contribution in [3.8, 4) is 0 Å². The molecule has 4 rings (SSSR count). The van der Waals surface area contributed by atoms with Crippen LogP contribution in [0.3, 0.4) is 0 Å². The molecule has 3 aromatic rings. The van der Waals surface area contributed by atoms with E-state index in [-0.39, 0.29) is 17.4 Å². The average molecular weight is 412 g/mol. The number of likely N-dealkylation sites (tertiary alicyclic amines) is 1. The number of fused-ring (bicyclic) bond motifs is 1. The fraction of sp³-hybridized carbons (Fsp3) is 0.348. The van der Waals surface area contributed by atoms with Gasteiger partial charge in [-0.2, -0.15) is 0 Å². The first-order valence-corrected chi connectivity index (χ1v) is 12.0. The lowest BCUT2D eigenvalue weighted by Gasteiger charge is -2.31. The van der Waals surface area contributed by atoms with Gasteiger partial charge in [0.05, 0.1) is 5.75 Å². The predicted octanol–water partition coefficient (Wildman–Crippen LogP) is 4.07. The average Bonchev–Trinajstić information content (AvgIpc) is 3.06. The third kappa shape index (κ3) is 4.53. The van der Waals surface area contributed by atoms with Gasteiger partial charge in [-0.05, 0) is 36.8 Å². The number of carbonyl (C=O) groups excluding carboxylic acids is 1. The summed E-state index contributed by atoms with van der Waals surface area (Å²) in [6.07, 6.45) is 4.06. The summed E-state index contributed by atoms with van der Waals surface area (Å²) in [7, 11) is -3.30. The third-order valence-electron chi connectivity index (χ3n) is 5.57. The number of rotatable bonds is 5. The quantitative estimate of drug-likeness (QED) is 0.635. The molecule has 1 aliphatic heterocycles. The van der Waals surface area contributed by atoms with Gasteiger partial charge in [0.2, 0.25) is 0 Å². The van der Waals surface area contributed by atoms with Gasteiger partial charge in [-0.15, -0.1) is 0 Å². The van der Waals surface area contributed by atoms with Crippen LogP contribution in [0.1, 0.15) is 34.5 Å². The molecule has 1 aliphatic rings. The van der Waals surface area contributed by atoms with E-state index in [4.69, 9.17) is 4.42 Å². The number of sulfone groups is 1. The van der Waals surface area contributed by atoms with E-state index >= 15 is 0 Å². The molecule has 1 aromatic heterocycles. The van der Waals surface area contributed by atoms with E-state index in [2.05, 4.69) is 24.3 Å². The van der Waals surface area contributed by atoms with E-state index in [1.807, 2.05) is 24.3 Å². The summed E-state index contributed by atoms with van der Waals surface area (Å²) in [6.45, 7) is 1.32. The van der Waals surface area contributed by atoms with Crippen LogP contribution < -0.4 is 0 Å². The normalized spacial score (nSPS) is 15.7. The van der Waals surface area contributed by atoms with Gasteiger partial charge in [0.25, 0.3) is 5.91 Å². The number of amides is 1. The van der Waals surface area contributed by atoms with E-state index in [1.165, 1.54) is 11.8 Å². The first-order valence-electron chi connectivity index (χ1n) is 9.92. The first kappa shape index (κ1) is 19.7. The van der Waals surface area contributed by atoms with Crippen LogP contribution >= 0.6 is 0 Å². The Hall–Kier alpha value is -2.60. The summed E-state index contributed by atoms with van der Waals surface area (Å²) in [6, 6.07) is 17.6. The number of para-hydroxylation sites is 1. The zero-order chi connectivity index (χ0) is 20.4. The largest absolute Gasteiger partial charge is 0.451 e. The van der Waals surface area contributed by atoms with Crippen LogP contribution in [0.5, 0.6) is 0 Å². The van der Waals surface area contributed by atoms with Crippen LogP contribution in [0.25, 0.3) is 11.0 Å². The molecule has 0 saturated carbocycles. The van der Waals surface area contributed by atoms with Crippen LogP contribution in [0.2, 0.25) is 0 Å². The van der Waals surface area contributed by atoms with Crippen molar-refractivity contribution in [2.75, 3.05) is 19.3 Å². The molecule has 1 saturated heterocycles. The number of hydrogen-bond acceptors (Lipinski definition) is 4. The molecular formula is C23H25NO4S. The maximum absolute atomic E-state index is 13.2. The Balaban J connectivity index is 1.51. The molecule has 0 aliphatic carbocycles. The Morgan fingerprint density at radius 1 is 1.03 bits per heavy atom. The lowest BCUT2D eigenvalue weighted by Crippen LogP contribution is -2.39. The molecular weight excluding hydrogens is 386 g/mol. The number of piperidine rings is 1. The van der Waals surface area contributed by atoms with Crippen molar-refractivity contribution in [2.45, 2.75) is 25.0 Å². The lowest BCUT2D eigenvalue weighted by atomic mass is 9.90. The summed E-state index contributed by atoms with van der Waals surface area (Å²) in [5.74, 6) is 0.305. The molecule has 0 radical (unpaired) electrons. The summed E-state index contributed by atoms with van der Waals surface area (Å²) in [4.78, 5) is 15.0. The molecule has 0 bridgehead atoms. The molecule has 5 nitrogen and oxygen atoms in total. The molecule has 6 heteroatoms. The highest BCUT2D eigenvalue weighted by atomic mass is 32.2. The maximum Gasteiger partial charge on any atom is 0.289 e. The van der Waals surface area contributed by atoms with Gasteiger partial charge in [-0.3, -0.25) is 4.79 Å². The predicted molar refractivity (Wildman–Crippen MR) is 114 cm³/mol. The zero-order valence-electron chi connectivity index (χ0n) is 16.5. The second-order valence-corrected chi connectivity index (χ2v) is 10.0. The molecule has 2 aromatic carbocycles. The smallest absolute Gasteiger partial charge is 0.289 e. The van der Waals surface area contributed by atoms with Crippen molar-refractivity contribution in [2.24, 2.45) is 5.92 Å². The Morgan fingerprint density at radius 2 is 1.69 bits per heavy atom. The molecule has 1 fully saturated rings. The van der Waals surface area contributed by atoms with Crippen molar-refractivity contribution in [1.29, 1.82) is 0 Å². The van der Waals surface area contributed by atoms with E-state index < -0.39 is 9.84 Å². The van der Waals surface area contributed by atoms with E-state index in [0.29, 0.717) is 35.5 Å². The fourth-order valence-corrected chi connectivity index (χ4v) is 4.92. The number of hydrogen-bond donors (Lipinski definition) is 0. The third-order valence-corrected chi connectivity index (χ3v) is 6.38. The standard InChI is InChI=1S/C23H25NO4S/c1-29(26,27)16-20-19-9-5-6-10-21(19)28-22(20)23(25)24-13-11-18(12-14-24)15-17-7-3-2-4-8-17/h2-10,18H,11-16H2,1H3. The van der Waals surface area contributed by atoms with Crippen molar-refractivity contribution in [3.63, 3.8) is 0 Å². The fourth-order valence-electron chi connectivity index (χ4n) is 4.11. The first-order chi connectivity index (χ1) is 13.9. The second kappa shape index (κ2) is 8.03. The highest BCUT2D eigenvalue weighted by Crippen LogP contribution is 2.30. The minimum Gasteiger partial charge on any atom is -0.451 e. The van der Waals surface area contributed by atoms with Crippen LogP contribution in [-0.4, -0.2) is 38.6 Å². The van der Waals surface area contributed by atoms with Gasteiger partial charge in [0.1, 0.15) is 5.58 Å². The number of furan rings is 1. The van der Waals surface area contributed by atoms with Gasteiger partial charge in [-0.25, -0.2) is 8.42 Å². The summed E-state index contributed by atoms with van der Waals surface area (Å²) < 4.78 is 29.7. The minimum atomic E-state index is -3.30. The Bertz CT molecular complexity index is 1110. The van der Waals surface area contributed by atoms with Gasteiger partial charge >= 0.3 is 0 Å². The summed E-state index contributed by atoms with van der Waals surface area (Å²) in [5, 5.41) is 0.695. The molecule has 1 amide bonds. The number of nitrogens with zero attached hydrogens (tertiary/aromatic N) is 1. The van der Waals surface area contributed by atoms with Crippen molar-refractivity contribution in [3.05, 3.63) is 71.5 Å². The van der Waals surface area contributed by atoms with Gasteiger partial charge < -0.3 is 9.32 Å². The lowest BCUT2D eigenvalue weighted by molar-refractivity contribution is 0.0659. The highest BCUT2D eigenvalue weighted by Gasteiger charge is 2.29. The van der Waals surface area contributed by atoms with Gasteiger partial charge in [-0.1, -0.05) is 48.5 Å². The Morgan fingerprint density at radius 3 is 2.38 bits per heavy atom. The van der Waals surface area contributed by atoms with E-state index in [1.54, 1.807) is 11.0 Å². The topological polar surface area (TPSA) is 67.6 Å². The van der Waals surface area contributed by atoms with Crippen molar-refractivity contribution < 1.29 is 17.6 Å². The summed E-state index contributed by atoms with van der Waals surface area (Å²) in [5.41, 5.74) is 2.35. The maximum atomic E-state index is 13.2. The monoisotopic (exact) mass is 411 g/mol.